The largest absolute Gasteiger partial charge is 0.497 e. The van der Waals surface area contributed by atoms with Gasteiger partial charge in [0.2, 0.25) is 0 Å². The number of nitrogens with one attached hydrogen (secondary N) is 1. The Kier molecular flexibility index (Phi) is 5.68. The summed E-state index contributed by atoms with van der Waals surface area (Å²) in [4.78, 5) is 16.5. The number of hydrogen-bond acceptors (Lipinski definition) is 5. The number of amides is 1. The van der Waals surface area contributed by atoms with Crippen molar-refractivity contribution in [2.24, 2.45) is 0 Å². The summed E-state index contributed by atoms with van der Waals surface area (Å²) in [5, 5.41) is 6.94. The smallest absolute Gasteiger partial charge is 0.414 e. The van der Waals surface area contributed by atoms with Crippen molar-refractivity contribution >= 4 is 12.0 Å². The van der Waals surface area contributed by atoms with Crippen LogP contribution in [0.1, 0.15) is 30.7 Å². The minimum Gasteiger partial charge on any atom is -0.497 e. The van der Waals surface area contributed by atoms with E-state index in [2.05, 4.69) is 15.4 Å². The van der Waals surface area contributed by atoms with Crippen LogP contribution in [-0.4, -0.2) is 28.0 Å². The first-order valence-electron chi connectivity index (χ1n) is 8.54. The molecule has 3 rings (SSSR count). The van der Waals surface area contributed by atoms with Gasteiger partial charge in [-0.05, 0) is 31.1 Å². The van der Waals surface area contributed by atoms with Gasteiger partial charge in [-0.15, -0.1) is 5.10 Å². The van der Waals surface area contributed by atoms with Crippen molar-refractivity contribution in [3.05, 3.63) is 65.7 Å². The van der Waals surface area contributed by atoms with Crippen LogP contribution in [0.3, 0.4) is 0 Å². The highest BCUT2D eigenvalue weighted by atomic mass is 16.5. The van der Waals surface area contributed by atoms with Gasteiger partial charge < -0.3 is 9.47 Å². The number of ether oxygens (including phenoxy) is 2. The monoisotopic (exact) mass is 354 g/mol. The topological polar surface area (TPSA) is 78.3 Å². The Morgan fingerprint density at radius 1 is 1.35 bits per heavy atom. The molecule has 0 radical (unpaired) electrons. The first kappa shape index (κ1) is 17.7. The molecule has 1 atom stereocenters. The molecule has 1 unspecified atom stereocenters. The van der Waals surface area contributed by atoms with Crippen molar-refractivity contribution < 1.29 is 14.3 Å². The van der Waals surface area contributed by atoms with Gasteiger partial charge in [0.05, 0.1) is 7.11 Å². The van der Waals surface area contributed by atoms with Crippen molar-refractivity contribution in [1.82, 2.24) is 14.8 Å². The third kappa shape index (κ3) is 4.30. The zero-order chi connectivity index (χ0) is 18.4. The Hall–Kier alpha value is -3.09. The predicted octanol–water partition coefficient (Wildman–Crippen LogP) is 3.62. The van der Waals surface area contributed by atoms with E-state index in [0.29, 0.717) is 6.54 Å². The fraction of sp³-hybridized carbons (Fsp3) is 0.316. The maximum absolute atomic E-state index is 12.0. The molecule has 0 saturated heterocycles. The average molecular weight is 354 g/mol. The molecule has 7 nitrogen and oxygen atoms in total. The molecule has 0 fully saturated rings. The Balaban J connectivity index is 1.62. The van der Waals surface area contributed by atoms with E-state index in [1.54, 1.807) is 11.8 Å². The molecular weight excluding hydrogens is 332 g/mol. The fourth-order valence-electron chi connectivity index (χ4n) is 2.71. The van der Waals surface area contributed by atoms with Gasteiger partial charge in [0.25, 0.3) is 5.95 Å². The first-order chi connectivity index (χ1) is 12.7. The third-order valence-corrected chi connectivity index (χ3v) is 4.06. The predicted molar refractivity (Wildman–Crippen MR) is 97.5 cm³/mol. The maximum Gasteiger partial charge on any atom is 0.414 e. The van der Waals surface area contributed by atoms with Crippen molar-refractivity contribution in [2.45, 2.75) is 32.4 Å². The number of aryl methyl sites for hydroxylation is 1. The molecule has 1 aromatic carbocycles. The van der Waals surface area contributed by atoms with Crippen LogP contribution >= 0.6 is 0 Å². The van der Waals surface area contributed by atoms with E-state index < -0.39 is 6.09 Å². The summed E-state index contributed by atoms with van der Waals surface area (Å²) >= 11 is 0. The van der Waals surface area contributed by atoms with Gasteiger partial charge in [0, 0.05) is 12.5 Å². The lowest BCUT2D eigenvalue weighted by molar-refractivity contribution is 0.155. The number of anilines is 1. The second-order valence-electron chi connectivity index (χ2n) is 5.81. The second-order valence-corrected chi connectivity index (χ2v) is 5.81. The van der Waals surface area contributed by atoms with Gasteiger partial charge in [-0.3, -0.25) is 5.32 Å². The fourth-order valence-corrected chi connectivity index (χ4v) is 2.71. The molecule has 1 heterocycles. The SMILES string of the molecule is CCn1nc(NC(=O)OCc2ccccc2)nc1C1C=CC(OC)=CC1. The van der Waals surface area contributed by atoms with Crippen LogP contribution in [0.2, 0.25) is 0 Å². The van der Waals surface area contributed by atoms with Gasteiger partial charge in [0.1, 0.15) is 18.2 Å². The Labute approximate surface area is 152 Å². The summed E-state index contributed by atoms with van der Waals surface area (Å²) in [7, 11) is 1.65. The molecule has 1 aromatic heterocycles. The summed E-state index contributed by atoms with van der Waals surface area (Å²) in [6, 6.07) is 9.50. The summed E-state index contributed by atoms with van der Waals surface area (Å²) in [5.74, 6) is 1.98. The molecule has 136 valence electrons. The number of aromatic nitrogens is 3. The van der Waals surface area contributed by atoms with Crippen molar-refractivity contribution in [3.63, 3.8) is 0 Å². The molecule has 1 aliphatic carbocycles. The number of allylic oxidation sites excluding steroid dienone is 3. The highest BCUT2D eigenvalue weighted by Gasteiger charge is 2.20. The number of carbonyl (C=O) groups excluding carboxylic acids is 1. The van der Waals surface area contributed by atoms with Crippen LogP contribution < -0.4 is 5.32 Å². The molecule has 0 spiro atoms. The van der Waals surface area contributed by atoms with E-state index in [1.807, 2.05) is 55.5 Å². The minimum atomic E-state index is -0.575. The van der Waals surface area contributed by atoms with E-state index in [-0.39, 0.29) is 18.5 Å². The number of rotatable bonds is 6. The molecule has 0 saturated carbocycles. The van der Waals surface area contributed by atoms with E-state index in [0.717, 1.165) is 23.6 Å². The molecule has 0 bridgehead atoms. The van der Waals surface area contributed by atoms with Crippen LogP contribution in [0.4, 0.5) is 10.7 Å². The lowest BCUT2D eigenvalue weighted by Gasteiger charge is -2.15. The molecular formula is C19H22N4O3. The van der Waals surface area contributed by atoms with Crippen molar-refractivity contribution in [1.29, 1.82) is 0 Å². The van der Waals surface area contributed by atoms with Crippen LogP contribution in [0, 0.1) is 0 Å². The van der Waals surface area contributed by atoms with Gasteiger partial charge >= 0.3 is 6.09 Å². The molecule has 2 aromatic rings. The lowest BCUT2D eigenvalue weighted by atomic mass is 9.99. The van der Waals surface area contributed by atoms with Crippen LogP contribution in [0.25, 0.3) is 0 Å². The number of carbonyl (C=O) groups is 1. The molecule has 1 aliphatic rings. The number of benzene rings is 1. The van der Waals surface area contributed by atoms with E-state index in [4.69, 9.17) is 9.47 Å². The quantitative estimate of drug-likeness (QED) is 0.857. The molecule has 7 heteroatoms. The second kappa shape index (κ2) is 8.33. The summed E-state index contributed by atoms with van der Waals surface area (Å²) in [5.41, 5.74) is 0.920. The highest BCUT2D eigenvalue weighted by Crippen LogP contribution is 2.26. The Bertz CT molecular complexity index is 811. The average Bonchev–Trinajstić information content (AvgIpc) is 3.10. The van der Waals surface area contributed by atoms with E-state index in [1.165, 1.54) is 0 Å². The van der Waals surface area contributed by atoms with E-state index >= 15 is 0 Å². The lowest BCUT2D eigenvalue weighted by Crippen LogP contribution is -2.14. The summed E-state index contributed by atoms with van der Waals surface area (Å²) in [6.07, 6.45) is 6.17. The third-order valence-electron chi connectivity index (χ3n) is 4.06. The number of nitrogens with zero attached hydrogens (tertiary/aromatic N) is 3. The first-order valence-corrected chi connectivity index (χ1v) is 8.54. The zero-order valence-electron chi connectivity index (χ0n) is 14.9. The van der Waals surface area contributed by atoms with Gasteiger partial charge in [-0.2, -0.15) is 4.98 Å². The summed E-state index contributed by atoms with van der Waals surface area (Å²) < 4.78 is 12.2. The number of methoxy groups -OCH3 is 1. The van der Waals surface area contributed by atoms with Gasteiger partial charge in [0.15, 0.2) is 0 Å². The summed E-state index contributed by atoms with van der Waals surface area (Å²) in [6.45, 7) is 2.84. The molecule has 1 N–H and O–H groups in total. The van der Waals surface area contributed by atoms with Crippen LogP contribution in [0.5, 0.6) is 0 Å². The van der Waals surface area contributed by atoms with Crippen molar-refractivity contribution in [3.8, 4) is 0 Å². The minimum absolute atomic E-state index is 0.0947. The molecule has 26 heavy (non-hydrogen) atoms. The van der Waals surface area contributed by atoms with Crippen LogP contribution in [0.15, 0.2) is 54.3 Å². The Morgan fingerprint density at radius 3 is 2.81 bits per heavy atom. The maximum atomic E-state index is 12.0. The van der Waals surface area contributed by atoms with Crippen molar-refractivity contribution in [2.75, 3.05) is 12.4 Å². The van der Waals surface area contributed by atoms with Gasteiger partial charge in [-0.25, -0.2) is 9.48 Å². The number of hydrogen-bond donors (Lipinski definition) is 1. The standard InChI is InChI=1S/C19H22N4O3/c1-3-23-17(15-9-11-16(25-2)12-10-15)20-18(22-23)21-19(24)26-13-14-7-5-4-6-8-14/h4-9,11-12,15H,3,10,13H2,1-2H3,(H,21,22,24). The van der Waals surface area contributed by atoms with Crippen LogP contribution in [-0.2, 0) is 22.6 Å². The highest BCUT2D eigenvalue weighted by molar-refractivity contribution is 5.82. The molecule has 1 amide bonds. The van der Waals surface area contributed by atoms with Gasteiger partial charge in [-0.1, -0.05) is 36.4 Å². The van der Waals surface area contributed by atoms with E-state index in [9.17, 15) is 4.79 Å². The zero-order valence-corrected chi connectivity index (χ0v) is 14.9. The molecule has 0 aliphatic heterocycles. The Morgan fingerprint density at radius 2 is 2.15 bits per heavy atom. The normalized spacial score (nSPS) is 16.1.